The van der Waals surface area contributed by atoms with Gasteiger partial charge < -0.3 is 19.3 Å². The zero-order valence-corrected chi connectivity index (χ0v) is 15.9. The van der Waals surface area contributed by atoms with Gasteiger partial charge in [0.1, 0.15) is 24.1 Å². The zero-order chi connectivity index (χ0) is 20.1. The first kappa shape index (κ1) is 19.4. The van der Waals surface area contributed by atoms with E-state index in [2.05, 4.69) is 6.58 Å². The Labute approximate surface area is 157 Å². The number of esters is 2. The Hall–Kier alpha value is -2.41. The summed E-state index contributed by atoms with van der Waals surface area (Å²) in [7, 11) is 0. The predicted octanol–water partition coefficient (Wildman–Crippen LogP) is 1.60. The highest BCUT2D eigenvalue weighted by atomic mass is 16.6. The average Bonchev–Trinajstić information content (AvgIpc) is 3.08. The second-order valence-electron chi connectivity index (χ2n) is 7.54. The van der Waals surface area contributed by atoms with Crippen molar-refractivity contribution in [2.75, 3.05) is 0 Å². The minimum atomic E-state index is -1.61. The molecule has 7 heteroatoms. The van der Waals surface area contributed by atoms with Crippen molar-refractivity contribution in [2.24, 2.45) is 11.8 Å². The van der Waals surface area contributed by atoms with E-state index in [1.165, 1.54) is 13.0 Å². The van der Waals surface area contributed by atoms with Crippen LogP contribution in [0.25, 0.3) is 0 Å². The highest BCUT2D eigenvalue weighted by Gasteiger charge is 2.58. The van der Waals surface area contributed by atoms with E-state index in [1.54, 1.807) is 19.9 Å². The molecule has 2 fully saturated rings. The van der Waals surface area contributed by atoms with E-state index in [0.717, 1.165) is 0 Å². The van der Waals surface area contributed by atoms with Crippen LogP contribution in [0.2, 0.25) is 0 Å². The summed E-state index contributed by atoms with van der Waals surface area (Å²) in [6.45, 7) is 10.3. The van der Waals surface area contributed by atoms with Crippen molar-refractivity contribution in [1.29, 1.82) is 0 Å². The molecule has 0 saturated carbocycles. The molecule has 2 bridgehead atoms. The van der Waals surface area contributed by atoms with Crippen molar-refractivity contribution in [3.05, 3.63) is 35.6 Å². The quantitative estimate of drug-likeness (QED) is 0.577. The van der Waals surface area contributed by atoms with Gasteiger partial charge in [-0.05, 0) is 27.2 Å². The van der Waals surface area contributed by atoms with Crippen LogP contribution in [0.1, 0.15) is 34.1 Å². The van der Waals surface area contributed by atoms with Gasteiger partial charge >= 0.3 is 11.9 Å². The Bertz CT molecular complexity index is 777. The van der Waals surface area contributed by atoms with Gasteiger partial charge in [-0.1, -0.05) is 19.6 Å². The molecule has 0 aliphatic carbocycles. The molecule has 0 radical (unpaired) electrons. The number of ether oxygens (including phenoxy) is 3. The fraction of sp³-hybridized carbons (Fsp3) is 0.550. The fourth-order valence-corrected chi connectivity index (χ4v) is 3.74. The largest absolute Gasteiger partial charge is 0.480 e. The molecule has 3 aliphatic heterocycles. The molecule has 3 aliphatic rings. The molecule has 0 unspecified atom stereocenters. The highest BCUT2D eigenvalue weighted by Crippen LogP contribution is 2.44. The molecular formula is C20H24O7. The van der Waals surface area contributed by atoms with E-state index in [-0.39, 0.29) is 11.5 Å². The molecule has 3 heterocycles. The van der Waals surface area contributed by atoms with Crippen molar-refractivity contribution in [3.63, 3.8) is 0 Å². The van der Waals surface area contributed by atoms with Crippen LogP contribution in [0.15, 0.2) is 35.6 Å². The van der Waals surface area contributed by atoms with Gasteiger partial charge in [0, 0.05) is 23.1 Å². The summed E-state index contributed by atoms with van der Waals surface area (Å²) in [5.74, 6) is -2.22. The van der Waals surface area contributed by atoms with Crippen LogP contribution < -0.4 is 0 Å². The lowest BCUT2D eigenvalue weighted by molar-refractivity contribution is -0.176. The van der Waals surface area contributed by atoms with Crippen molar-refractivity contribution in [3.8, 4) is 0 Å². The number of rotatable bonds is 2. The smallest absolute Gasteiger partial charge is 0.334 e. The molecule has 0 spiro atoms. The second kappa shape index (κ2) is 6.64. The van der Waals surface area contributed by atoms with E-state index in [1.807, 2.05) is 6.92 Å². The SMILES string of the molecule is C=C1C(=O)O[C@H]2C[C@H](C)C3=CC(=O)[C@](C)(O3)[C@@H](O)[C@@H](OC(=O)/C(C)=C\C)[C@@H]12. The minimum Gasteiger partial charge on any atom is -0.480 e. The topological polar surface area (TPSA) is 99.1 Å². The molecular weight excluding hydrogens is 352 g/mol. The van der Waals surface area contributed by atoms with Crippen LogP contribution in [0.5, 0.6) is 0 Å². The maximum Gasteiger partial charge on any atom is 0.334 e. The van der Waals surface area contributed by atoms with Gasteiger partial charge in [0.2, 0.25) is 5.78 Å². The van der Waals surface area contributed by atoms with E-state index in [9.17, 15) is 19.5 Å². The molecule has 0 aromatic carbocycles. The maximum atomic E-state index is 12.6. The van der Waals surface area contributed by atoms with Gasteiger partial charge in [-0.3, -0.25) is 4.79 Å². The maximum absolute atomic E-state index is 12.6. The summed E-state index contributed by atoms with van der Waals surface area (Å²) in [6.07, 6.45) is -0.0718. The van der Waals surface area contributed by atoms with Gasteiger partial charge in [-0.15, -0.1) is 0 Å². The zero-order valence-electron chi connectivity index (χ0n) is 15.9. The summed E-state index contributed by atoms with van der Waals surface area (Å²) >= 11 is 0. The first-order valence-corrected chi connectivity index (χ1v) is 8.97. The molecule has 0 aromatic heterocycles. The summed E-state index contributed by atoms with van der Waals surface area (Å²) in [4.78, 5) is 37.1. The average molecular weight is 376 g/mol. The van der Waals surface area contributed by atoms with E-state index in [0.29, 0.717) is 17.8 Å². The standard InChI is InChI=1S/C20H24O7/c1-6-9(2)18(23)26-16-15-11(4)19(24)25-13(15)7-10(3)12-8-14(21)20(5,27-12)17(16)22/h6,8,10,13,15-17,22H,4,7H2,1-3,5H3/b9-6-/t10-,13-,15-,16-,17-,20-/m0/s1. The molecule has 146 valence electrons. The van der Waals surface area contributed by atoms with Gasteiger partial charge in [-0.25, -0.2) is 9.59 Å². The van der Waals surface area contributed by atoms with Crippen molar-refractivity contribution >= 4 is 17.7 Å². The third-order valence-corrected chi connectivity index (χ3v) is 5.72. The number of fused-ring (bicyclic) bond motifs is 3. The van der Waals surface area contributed by atoms with Gasteiger partial charge in [0.05, 0.1) is 5.92 Å². The van der Waals surface area contributed by atoms with Gasteiger partial charge in [0.25, 0.3) is 0 Å². The molecule has 0 aromatic rings. The molecule has 3 rings (SSSR count). The van der Waals surface area contributed by atoms with Crippen LogP contribution in [-0.4, -0.2) is 46.7 Å². The molecule has 6 atom stereocenters. The van der Waals surface area contributed by atoms with Crippen LogP contribution in [0.3, 0.4) is 0 Å². The summed E-state index contributed by atoms with van der Waals surface area (Å²) in [5.41, 5.74) is -1.16. The number of carbonyl (C=O) groups excluding carboxylic acids is 3. The Balaban J connectivity index is 2.08. The van der Waals surface area contributed by atoms with Crippen LogP contribution in [0.4, 0.5) is 0 Å². The summed E-state index contributed by atoms with van der Waals surface area (Å²) < 4.78 is 16.8. The Morgan fingerprint density at radius 3 is 2.74 bits per heavy atom. The molecule has 27 heavy (non-hydrogen) atoms. The molecule has 1 N–H and O–H groups in total. The normalized spacial score (nSPS) is 38.9. The van der Waals surface area contributed by atoms with E-state index < -0.39 is 47.6 Å². The summed E-state index contributed by atoms with van der Waals surface area (Å²) in [5, 5.41) is 11.1. The monoisotopic (exact) mass is 376 g/mol. The Kier molecular flexibility index (Phi) is 4.76. The highest BCUT2D eigenvalue weighted by molar-refractivity contribution is 6.00. The number of hydrogen-bond acceptors (Lipinski definition) is 7. The molecule has 7 nitrogen and oxygen atoms in total. The predicted molar refractivity (Wildman–Crippen MR) is 94.2 cm³/mol. The third kappa shape index (κ3) is 3.00. The minimum absolute atomic E-state index is 0.116. The Morgan fingerprint density at radius 1 is 1.44 bits per heavy atom. The Morgan fingerprint density at radius 2 is 2.11 bits per heavy atom. The van der Waals surface area contributed by atoms with Crippen LogP contribution >= 0.6 is 0 Å². The lowest BCUT2D eigenvalue weighted by atomic mass is 9.78. The number of aliphatic hydroxyl groups is 1. The van der Waals surface area contributed by atoms with Crippen molar-refractivity contribution in [2.45, 2.75) is 58.0 Å². The molecule has 2 saturated heterocycles. The second-order valence-corrected chi connectivity index (χ2v) is 7.54. The van der Waals surface area contributed by atoms with Crippen molar-refractivity contribution in [1.82, 2.24) is 0 Å². The summed E-state index contributed by atoms with van der Waals surface area (Å²) in [6, 6.07) is 0. The number of ketones is 1. The number of aliphatic hydroxyl groups excluding tert-OH is 1. The van der Waals surface area contributed by atoms with E-state index in [4.69, 9.17) is 14.2 Å². The van der Waals surface area contributed by atoms with Crippen molar-refractivity contribution < 1.29 is 33.7 Å². The van der Waals surface area contributed by atoms with Crippen LogP contribution in [0, 0.1) is 11.8 Å². The lowest BCUT2D eigenvalue weighted by Crippen LogP contribution is -2.55. The first-order chi connectivity index (χ1) is 12.6. The number of hydrogen-bond donors (Lipinski definition) is 1. The third-order valence-electron chi connectivity index (χ3n) is 5.72. The number of allylic oxidation sites excluding steroid dienone is 2. The fourth-order valence-electron chi connectivity index (χ4n) is 3.74. The van der Waals surface area contributed by atoms with E-state index >= 15 is 0 Å². The first-order valence-electron chi connectivity index (χ1n) is 8.97. The van der Waals surface area contributed by atoms with Gasteiger partial charge in [-0.2, -0.15) is 0 Å². The number of carbonyl (C=O) groups is 3. The lowest BCUT2D eigenvalue weighted by Gasteiger charge is -2.36. The van der Waals surface area contributed by atoms with Gasteiger partial charge in [0.15, 0.2) is 5.60 Å². The van der Waals surface area contributed by atoms with Crippen LogP contribution in [-0.2, 0) is 28.6 Å². The molecule has 0 amide bonds.